The molecule has 0 radical (unpaired) electrons. The van der Waals surface area contributed by atoms with E-state index >= 15 is 0 Å². The highest BCUT2D eigenvalue weighted by Gasteiger charge is 2.15. The van der Waals surface area contributed by atoms with Crippen LogP contribution in [0.25, 0.3) is 0 Å². The molecule has 0 aliphatic heterocycles. The largest absolute Gasteiger partial charge is 0.493 e. The minimum absolute atomic E-state index is 0.0242. The fourth-order valence-electron chi connectivity index (χ4n) is 2.03. The second kappa shape index (κ2) is 6.95. The summed E-state index contributed by atoms with van der Waals surface area (Å²) < 4.78 is 16.6. The van der Waals surface area contributed by atoms with Crippen molar-refractivity contribution < 1.29 is 14.2 Å². The third-order valence-corrected chi connectivity index (χ3v) is 2.97. The lowest BCUT2D eigenvalue weighted by Gasteiger charge is -2.15. The van der Waals surface area contributed by atoms with Gasteiger partial charge in [-0.3, -0.25) is 0 Å². The van der Waals surface area contributed by atoms with Gasteiger partial charge in [0.2, 0.25) is 11.6 Å². The molecule has 0 bridgehead atoms. The van der Waals surface area contributed by atoms with Crippen molar-refractivity contribution in [3.8, 4) is 23.1 Å². The Labute approximate surface area is 124 Å². The van der Waals surface area contributed by atoms with Crippen LogP contribution in [-0.2, 0) is 6.42 Å². The van der Waals surface area contributed by atoms with E-state index in [1.807, 2.05) is 37.3 Å². The summed E-state index contributed by atoms with van der Waals surface area (Å²) in [5.74, 6) is 2.20. The summed E-state index contributed by atoms with van der Waals surface area (Å²) in [6.07, 6.45) is 2.36. The number of ether oxygens (including phenoxy) is 3. The molecule has 112 valence electrons. The van der Waals surface area contributed by atoms with Gasteiger partial charge < -0.3 is 19.9 Å². The van der Waals surface area contributed by atoms with Gasteiger partial charge in [-0.2, -0.15) is 0 Å². The first kappa shape index (κ1) is 15.1. The number of nitrogens with zero attached hydrogens (tertiary/aromatic N) is 1. The molecular weight excluding hydrogens is 268 g/mol. The lowest BCUT2D eigenvalue weighted by Crippen LogP contribution is -2.18. The van der Waals surface area contributed by atoms with Gasteiger partial charge in [-0.25, -0.2) is 4.98 Å². The molecular formula is C16H20N2O3. The van der Waals surface area contributed by atoms with Crippen LogP contribution in [-0.4, -0.2) is 25.2 Å². The highest BCUT2D eigenvalue weighted by atomic mass is 16.5. The first-order chi connectivity index (χ1) is 10.2. The van der Waals surface area contributed by atoms with Crippen molar-refractivity contribution in [2.75, 3.05) is 14.2 Å². The van der Waals surface area contributed by atoms with Crippen molar-refractivity contribution >= 4 is 0 Å². The van der Waals surface area contributed by atoms with E-state index in [0.717, 1.165) is 5.56 Å². The van der Waals surface area contributed by atoms with Crippen LogP contribution in [0.5, 0.6) is 23.1 Å². The Bertz CT molecular complexity index is 578. The second-order valence-electron chi connectivity index (χ2n) is 4.74. The van der Waals surface area contributed by atoms with E-state index in [1.165, 1.54) is 0 Å². The summed E-state index contributed by atoms with van der Waals surface area (Å²) in [6.45, 7) is 1.94. The summed E-state index contributed by atoms with van der Waals surface area (Å²) in [4.78, 5) is 4.29. The van der Waals surface area contributed by atoms with Crippen molar-refractivity contribution in [1.29, 1.82) is 0 Å². The molecule has 1 aromatic carbocycles. The Kier molecular flexibility index (Phi) is 5.00. The zero-order valence-corrected chi connectivity index (χ0v) is 12.5. The van der Waals surface area contributed by atoms with Crippen LogP contribution in [0, 0.1) is 0 Å². The molecule has 0 saturated carbocycles. The lowest BCUT2D eigenvalue weighted by atomic mass is 10.1. The van der Waals surface area contributed by atoms with Crippen LogP contribution in [0.3, 0.4) is 0 Å². The van der Waals surface area contributed by atoms with Gasteiger partial charge in [-0.05, 0) is 31.5 Å². The van der Waals surface area contributed by atoms with Gasteiger partial charge in [0, 0.05) is 17.8 Å². The molecule has 21 heavy (non-hydrogen) atoms. The number of nitrogens with two attached hydrogens (primary N) is 1. The van der Waals surface area contributed by atoms with Gasteiger partial charge >= 0.3 is 0 Å². The molecule has 2 rings (SSSR count). The zero-order chi connectivity index (χ0) is 15.2. The summed E-state index contributed by atoms with van der Waals surface area (Å²) in [6, 6.07) is 9.30. The van der Waals surface area contributed by atoms with Crippen molar-refractivity contribution in [3.05, 3.63) is 42.1 Å². The minimum atomic E-state index is 0.0242. The van der Waals surface area contributed by atoms with Gasteiger partial charge in [0.1, 0.15) is 0 Å². The molecule has 5 heteroatoms. The Morgan fingerprint density at radius 3 is 2.33 bits per heavy atom. The predicted molar refractivity (Wildman–Crippen MR) is 81.2 cm³/mol. The number of para-hydroxylation sites is 1. The second-order valence-corrected chi connectivity index (χ2v) is 4.74. The summed E-state index contributed by atoms with van der Waals surface area (Å²) in [5, 5.41) is 0. The van der Waals surface area contributed by atoms with Crippen molar-refractivity contribution in [2.24, 2.45) is 5.73 Å². The van der Waals surface area contributed by atoms with Crippen LogP contribution >= 0.6 is 0 Å². The zero-order valence-electron chi connectivity index (χ0n) is 12.5. The van der Waals surface area contributed by atoms with Crippen LogP contribution < -0.4 is 19.9 Å². The maximum atomic E-state index is 5.94. The number of aromatic nitrogens is 1. The van der Waals surface area contributed by atoms with E-state index in [1.54, 1.807) is 20.4 Å². The molecule has 2 aromatic rings. The van der Waals surface area contributed by atoms with Crippen molar-refractivity contribution in [1.82, 2.24) is 4.98 Å². The molecule has 1 heterocycles. The van der Waals surface area contributed by atoms with Crippen LogP contribution in [0.4, 0.5) is 0 Å². The molecule has 0 spiro atoms. The van der Waals surface area contributed by atoms with Crippen molar-refractivity contribution in [2.45, 2.75) is 19.4 Å². The first-order valence-electron chi connectivity index (χ1n) is 6.74. The van der Waals surface area contributed by atoms with E-state index < -0.39 is 0 Å². The van der Waals surface area contributed by atoms with E-state index in [4.69, 9.17) is 19.9 Å². The quantitative estimate of drug-likeness (QED) is 0.885. The van der Waals surface area contributed by atoms with Gasteiger partial charge in [0.25, 0.3) is 0 Å². The molecule has 1 unspecified atom stereocenters. The number of rotatable bonds is 6. The number of hydrogen-bond donors (Lipinski definition) is 1. The minimum Gasteiger partial charge on any atom is -0.493 e. The molecule has 0 saturated heterocycles. The van der Waals surface area contributed by atoms with Gasteiger partial charge in [0.05, 0.1) is 14.2 Å². The highest BCUT2D eigenvalue weighted by molar-refractivity contribution is 5.53. The fourth-order valence-corrected chi connectivity index (χ4v) is 2.03. The molecule has 2 N–H and O–H groups in total. The molecule has 0 fully saturated rings. The average molecular weight is 288 g/mol. The third-order valence-electron chi connectivity index (χ3n) is 2.97. The standard InChI is InChI=1S/C16H20N2O3/c1-11(17)10-12-6-5-9-18-16(12)21-15-13(19-2)7-4-8-14(15)20-3/h4-9,11H,10,17H2,1-3H3. The van der Waals surface area contributed by atoms with Crippen LogP contribution in [0.1, 0.15) is 12.5 Å². The Balaban J connectivity index is 2.38. The SMILES string of the molecule is COc1cccc(OC)c1Oc1ncccc1CC(C)N. The monoisotopic (exact) mass is 288 g/mol. The van der Waals surface area contributed by atoms with Gasteiger partial charge in [-0.1, -0.05) is 12.1 Å². The number of pyridine rings is 1. The third kappa shape index (κ3) is 3.64. The highest BCUT2D eigenvalue weighted by Crippen LogP contribution is 2.40. The van der Waals surface area contributed by atoms with E-state index in [2.05, 4.69) is 4.98 Å². The van der Waals surface area contributed by atoms with Crippen molar-refractivity contribution in [3.63, 3.8) is 0 Å². The number of hydrogen-bond acceptors (Lipinski definition) is 5. The summed E-state index contributed by atoms with van der Waals surface area (Å²) in [7, 11) is 3.17. The number of benzene rings is 1. The van der Waals surface area contributed by atoms with E-state index in [9.17, 15) is 0 Å². The summed E-state index contributed by atoms with van der Waals surface area (Å²) in [5.41, 5.74) is 6.81. The summed E-state index contributed by atoms with van der Waals surface area (Å²) >= 11 is 0. The van der Waals surface area contributed by atoms with Gasteiger partial charge in [0.15, 0.2) is 11.5 Å². The lowest BCUT2D eigenvalue weighted by molar-refractivity contribution is 0.340. The maximum Gasteiger partial charge on any atom is 0.222 e. The molecule has 0 amide bonds. The average Bonchev–Trinajstić information content (AvgIpc) is 2.48. The van der Waals surface area contributed by atoms with Crippen LogP contribution in [0.2, 0.25) is 0 Å². The Morgan fingerprint density at radius 2 is 1.76 bits per heavy atom. The molecule has 0 aliphatic rings. The first-order valence-corrected chi connectivity index (χ1v) is 6.74. The maximum absolute atomic E-state index is 5.94. The fraction of sp³-hybridized carbons (Fsp3) is 0.312. The normalized spacial score (nSPS) is 11.8. The Morgan fingerprint density at radius 1 is 1.10 bits per heavy atom. The molecule has 5 nitrogen and oxygen atoms in total. The molecule has 1 aromatic heterocycles. The van der Waals surface area contributed by atoms with E-state index in [-0.39, 0.29) is 6.04 Å². The molecule has 1 atom stereocenters. The predicted octanol–water partition coefficient (Wildman–Crippen LogP) is 2.78. The number of methoxy groups -OCH3 is 2. The van der Waals surface area contributed by atoms with Gasteiger partial charge in [-0.15, -0.1) is 0 Å². The Hall–Kier alpha value is -2.27. The van der Waals surface area contributed by atoms with E-state index in [0.29, 0.717) is 29.5 Å². The smallest absolute Gasteiger partial charge is 0.222 e. The van der Waals surface area contributed by atoms with Crippen LogP contribution in [0.15, 0.2) is 36.5 Å². The molecule has 0 aliphatic carbocycles. The topological polar surface area (TPSA) is 66.6 Å².